The number of hydrogen-bond acceptors (Lipinski definition) is 2. The zero-order valence-electron chi connectivity index (χ0n) is 17.4. The van der Waals surface area contributed by atoms with Gasteiger partial charge in [-0.1, -0.05) is 91.3 Å². The topological polar surface area (TPSA) is 17.3 Å². The number of thiazole rings is 1. The SMILES string of the molecule is Fc1ccc(-n2c(-c3ccccc3)c(-c3ccccc3)sc2=NC2CCCCC2)cc1. The smallest absolute Gasteiger partial charge is 0.190 e. The molecule has 0 unspecified atom stereocenters. The Morgan fingerprint density at radius 1 is 0.742 bits per heavy atom. The Hall–Kier alpha value is -2.98. The summed E-state index contributed by atoms with van der Waals surface area (Å²) >= 11 is 1.73. The maximum Gasteiger partial charge on any atom is 0.190 e. The second-order valence-electron chi connectivity index (χ2n) is 8.03. The molecule has 31 heavy (non-hydrogen) atoms. The molecule has 4 heteroatoms. The number of halogens is 1. The third-order valence-electron chi connectivity index (χ3n) is 5.86. The highest BCUT2D eigenvalue weighted by Crippen LogP contribution is 2.36. The molecule has 0 amide bonds. The van der Waals surface area contributed by atoms with Crippen LogP contribution in [0.2, 0.25) is 0 Å². The lowest BCUT2D eigenvalue weighted by molar-refractivity contribution is 0.436. The minimum Gasteiger partial charge on any atom is -0.285 e. The van der Waals surface area contributed by atoms with Gasteiger partial charge in [-0.05, 0) is 42.7 Å². The number of benzene rings is 3. The molecule has 3 aromatic carbocycles. The fraction of sp³-hybridized carbons (Fsp3) is 0.222. The lowest BCUT2D eigenvalue weighted by atomic mass is 9.96. The van der Waals surface area contributed by atoms with Crippen LogP contribution in [0.25, 0.3) is 27.4 Å². The van der Waals surface area contributed by atoms with Crippen LogP contribution < -0.4 is 4.80 Å². The van der Waals surface area contributed by atoms with Crippen LogP contribution in [0.4, 0.5) is 4.39 Å². The molecule has 0 spiro atoms. The maximum atomic E-state index is 13.7. The van der Waals surface area contributed by atoms with Crippen LogP contribution in [-0.2, 0) is 0 Å². The van der Waals surface area contributed by atoms with Crippen molar-refractivity contribution in [2.75, 3.05) is 0 Å². The average Bonchev–Trinajstić information content (AvgIpc) is 3.20. The van der Waals surface area contributed by atoms with Gasteiger partial charge in [-0.3, -0.25) is 9.56 Å². The van der Waals surface area contributed by atoms with Crippen molar-refractivity contribution in [2.45, 2.75) is 38.1 Å². The molecule has 0 saturated heterocycles. The van der Waals surface area contributed by atoms with E-state index in [4.69, 9.17) is 4.99 Å². The zero-order valence-corrected chi connectivity index (χ0v) is 18.2. The monoisotopic (exact) mass is 428 g/mol. The van der Waals surface area contributed by atoms with Crippen LogP contribution in [-0.4, -0.2) is 10.6 Å². The minimum atomic E-state index is -0.227. The van der Waals surface area contributed by atoms with Gasteiger partial charge in [0.1, 0.15) is 5.82 Å². The largest absolute Gasteiger partial charge is 0.285 e. The van der Waals surface area contributed by atoms with Gasteiger partial charge in [0.05, 0.1) is 16.6 Å². The van der Waals surface area contributed by atoms with E-state index in [0.717, 1.165) is 34.6 Å². The summed E-state index contributed by atoms with van der Waals surface area (Å²) in [5.74, 6) is -0.227. The summed E-state index contributed by atoms with van der Waals surface area (Å²) in [4.78, 5) is 7.41. The molecule has 0 radical (unpaired) electrons. The third kappa shape index (κ3) is 4.26. The minimum absolute atomic E-state index is 0.227. The molecule has 0 aliphatic heterocycles. The first-order valence-electron chi connectivity index (χ1n) is 11.0. The molecule has 5 rings (SSSR count). The second-order valence-corrected chi connectivity index (χ2v) is 9.00. The first-order valence-corrected chi connectivity index (χ1v) is 11.8. The summed E-state index contributed by atoms with van der Waals surface area (Å²) in [6.45, 7) is 0. The molecule has 1 heterocycles. The molecule has 1 fully saturated rings. The molecule has 1 aromatic heterocycles. The summed E-state index contributed by atoms with van der Waals surface area (Å²) in [6, 6.07) is 28.0. The molecule has 2 nitrogen and oxygen atoms in total. The first kappa shape index (κ1) is 20.0. The molecule has 1 aliphatic rings. The van der Waals surface area contributed by atoms with E-state index < -0.39 is 0 Å². The van der Waals surface area contributed by atoms with E-state index in [-0.39, 0.29) is 5.82 Å². The first-order chi connectivity index (χ1) is 15.3. The van der Waals surface area contributed by atoms with E-state index in [9.17, 15) is 4.39 Å². The lowest BCUT2D eigenvalue weighted by Gasteiger charge is -2.17. The Morgan fingerprint density at radius 2 is 1.35 bits per heavy atom. The molecule has 0 N–H and O–H groups in total. The van der Waals surface area contributed by atoms with Crippen molar-refractivity contribution >= 4 is 11.3 Å². The third-order valence-corrected chi connectivity index (χ3v) is 6.96. The maximum absolute atomic E-state index is 13.7. The number of hydrogen-bond donors (Lipinski definition) is 0. The van der Waals surface area contributed by atoms with Gasteiger partial charge in [0.15, 0.2) is 4.80 Å². The molecule has 4 aromatic rings. The summed E-state index contributed by atoms with van der Waals surface area (Å²) < 4.78 is 16.0. The predicted molar refractivity (Wildman–Crippen MR) is 127 cm³/mol. The molecule has 0 bridgehead atoms. The summed E-state index contributed by atoms with van der Waals surface area (Å²) in [5, 5.41) is 0. The van der Waals surface area contributed by atoms with E-state index in [1.54, 1.807) is 11.3 Å². The van der Waals surface area contributed by atoms with Gasteiger partial charge in [-0.25, -0.2) is 4.39 Å². The van der Waals surface area contributed by atoms with Gasteiger partial charge in [0.2, 0.25) is 0 Å². The summed E-state index contributed by atoms with van der Waals surface area (Å²) in [7, 11) is 0. The number of rotatable bonds is 4. The fourth-order valence-electron chi connectivity index (χ4n) is 4.30. The molecular weight excluding hydrogens is 403 g/mol. The van der Waals surface area contributed by atoms with Crippen molar-refractivity contribution < 1.29 is 4.39 Å². The van der Waals surface area contributed by atoms with Gasteiger partial charge in [0, 0.05) is 11.3 Å². The van der Waals surface area contributed by atoms with Crippen molar-refractivity contribution in [3.05, 3.63) is 95.5 Å². The number of aromatic nitrogens is 1. The van der Waals surface area contributed by atoms with Crippen molar-refractivity contribution in [3.8, 4) is 27.4 Å². The normalized spacial score (nSPS) is 15.3. The van der Waals surface area contributed by atoms with Gasteiger partial charge < -0.3 is 0 Å². The van der Waals surface area contributed by atoms with Crippen LogP contribution in [0, 0.1) is 5.82 Å². The molecule has 1 aliphatic carbocycles. The molecule has 156 valence electrons. The Bertz CT molecular complexity index is 1200. The summed E-state index contributed by atoms with van der Waals surface area (Å²) in [5.41, 5.74) is 4.35. The van der Waals surface area contributed by atoms with Crippen molar-refractivity contribution in [1.29, 1.82) is 0 Å². The highest BCUT2D eigenvalue weighted by atomic mass is 32.1. The van der Waals surface area contributed by atoms with Gasteiger partial charge in [-0.2, -0.15) is 0 Å². The summed E-state index contributed by atoms with van der Waals surface area (Å²) in [6.07, 6.45) is 6.07. The van der Waals surface area contributed by atoms with E-state index in [1.165, 1.54) is 41.8 Å². The Labute approximate surface area is 186 Å². The lowest BCUT2D eigenvalue weighted by Crippen LogP contribution is -2.20. The molecular formula is C27H25FN2S. The van der Waals surface area contributed by atoms with E-state index in [0.29, 0.717) is 6.04 Å². The van der Waals surface area contributed by atoms with Crippen LogP contribution in [0.5, 0.6) is 0 Å². The molecule has 0 atom stereocenters. The second kappa shape index (κ2) is 9.03. The van der Waals surface area contributed by atoms with Crippen LogP contribution in [0.15, 0.2) is 89.9 Å². The van der Waals surface area contributed by atoms with Crippen molar-refractivity contribution in [3.63, 3.8) is 0 Å². The van der Waals surface area contributed by atoms with E-state index in [1.807, 2.05) is 24.3 Å². The predicted octanol–water partition coefficient (Wildman–Crippen LogP) is 7.25. The Kier molecular flexibility index (Phi) is 5.81. The average molecular weight is 429 g/mol. The van der Waals surface area contributed by atoms with Gasteiger partial charge in [-0.15, -0.1) is 0 Å². The number of nitrogens with zero attached hydrogens (tertiary/aromatic N) is 2. The Morgan fingerprint density at radius 3 is 2.00 bits per heavy atom. The molecule has 1 saturated carbocycles. The van der Waals surface area contributed by atoms with E-state index in [2.05, 4.69) is 53.1 Å². The van der Waals surface area contributed by atoms with Crippen molar-refractivity contribution in [2.24, 2.45) is 4.99 Å². The van der Waals surface area contributed by atoms with Crippen LogP contribution in [0.3, 0.4) is 0 Å². The quantitative estimate of drug-likeness (QED) is 0.326. The van der Waals surface area contributed by atoms with Gasteiger partial charge in [0.25, 0.3) is 0 Å². The highest BCUT2D eigenvalue weighted by Gasteiger charge is 2.20. The van der Waals surface area contributed by atoms with Crippen LogP contribution >= 0.6 is 11.3 Å². The van der Waals surface area contributed by atoms with E-state index >= 15 is 0 Å². The fourth-order valence-corrected chi connectivity index (χ4v) is 5.54. The van der Waals surface area contributed by atoms with Crippen molar-refractivity contribution in [1.82, 2.24) is 4.57 Å². The zero-order chi connectivity index (χ0) is 21.0. The van der Waals surface area contributed by atoms with Gasteiger partial charge >= 0.3 is 0 Å². The highest BCUT2D eigenvalue weighted by molar-refractivity contribution is 7.13. The van der Waals surface area contributed by atoms with Crippen LogP contribution in [0.1, 0.15) is 32.1 Å². The standard InChI is InChI=1S/C27H25FN2S/c28-22-16-18-24(19-17-22)30-25(20-10-4-1-5-11-20)26(21-12-6-2-7-13-21)31-27(30)29-23-14-8-3-9-15-23/h1-2,4-7,10-13,16-19,23H,3,8-9,14-15H2. The Balaban J connectivity index is 1.81.